The van der Waals surface area contributed by atoms with Gasteiger partial charge in [0.25, 0.3) is 5.91 Å². The molecule has 6 nitrogen and oxygen atoms in total. The van der Waals surface area contributed by atoms with Crippen molar-refractivity contribution >= 4 is 29.1 Å². The van der Waals surface area contributed by atoms with E-state index in [1.165, 1.54) is 0 Å². The van der Waals surface area contributed by atoms with E-state index in [4.69, 9.17) is 0 Å². The summed E-state index contributed by atoms with van der Waals surface area (Å²) in [4.78, 5) is 41.9. The SMILES string of the molecule is Cc1ccc(N2CC(C(=O)Nc3ccccc3C(=O)N3CCCCC3)CC2=O)cc1. The smallest absolute Gasteiger partial charge is 0.255 e. The molecule has 4 rings (SSSR count). The Morgan fingerprint density at radius 2 is 1.67 bits per heavy atom. The van der Waals surface area contributed by atoms with Crippen molar-refractivity contribution in [2.45, 2.75) is 32.6 Å². The number of piperidine rings is 1. The zero-order valence-electron chi connectivity index (χ0n) is 17.3. The molecule has 156 valence electrons. The summed E-state index contributed by atoms with van der Waals surface area (Å²) in [5, 5.41) is 2.91. The third-order valence-electron chi connectivity index (χ3n) is 5.90. The van der Waals surface area contributed by atoms with E-state index in [0.717, 1.165) is 43.6 Å². The number of carbonyl (C=O) groups is 3. The Balaban J connectivity index is 1.46. The molecular formula is C24H27N3O3. The molecule has 0 saturated carbocycles. The Labute approximate surface area is 176 Å². The number of benzene rings is 2. The third kappa shape index (κ3) is 4.22. The predicted octanol–water partition coefficient (Wildman–Crippen LogP) is 3.61. The van der Waals surface area contributed by atoms with E-state index in [1.54, 1.807) is 23.1 Å². The number of nitrogens with one attached hydrogen (secondary N) is 1. The van der Waals surface area contributed by atoms with E-state index in [0.29, 0.717) is 17.8 Å². The van der Waals surface area contributed by atoms with Crippen LogP contribution in [0.1, 0.15) is 41.6 Å². The first-order chi connectivity index (χ1) is 14.5. The quantitative estimate of drug-likeness (QED) is 0.845. The minimum Gasteiger partial charge on any atom is -0.339 e. The molecule has 6 heteroatoms. The first kappa shape index (κ1) is 20.1. The number of rotatable bonds is 4. The second-order valence-electron chi connectivity index (χ2n) is 8.13. The monoisotopic (exact) mass is 405 g/mol. The molecule has 1 unspecified atom stereocenters. The Morgan fingerprint density at radius 1 is 0.967 bits per heavy atom. The van der Waals surface area contributed by atoms with Gasteiger partial charge in [0.15, 0.2) is 0 Å². The molecule has 2 saturated heterocycles. The van der Waals surface area contributed by atoms with Crippen LogP contribution < -0.4 is 10.2 Å². The average molecular weight is 405 g/mol. The number of para-hydroxylation sites is 1. The number of aryl methyl sites for hydroxylation is 1. The first-order valence-corrected chi connectivity index (χ1v) is 10.6. The number of likely N-dealkylation sites (tertiary alicyclic amines) is 1. The number of nitrogens with zero attached hydrogens (tertiary/aromatic N) is 2. The Morgan fingerprint density at radius 3 is 2.40 bits per heavy atom. The summed E-state index contributed by atoms with van der Waals surface area (Å²) in [6, 6.07) is 14.8. The molecule has 0 radical (unpaired) electrons. The molecule has 0 aromatic heterocycles. The van der Waals surface area contributed by atoms with E-state index in [2.05, 4.69) is 5.32 Å². The van der Waals surface area contributed by atoms with Crippen molar-refractivity contribution in [1.82, 2.24) is 4.90 Å². The Kier molecular flexibility index (Phi) is 5.84. The highest BCUT2D eigenvalue weighted by Gasteiger charge is 2.35. The second kappa shape index (κ2) is 8.69. The number of carbonyl (C=O) groups excluding carboxylic acids is 3. The van der Waals surface area contributed by atoms with Crippen molar-refractivity contribution in [3.8, 4) is 0 Å². The van der Waals surface area contributed by atoms with Crippen LogP contribution in [0.25, 0.3) is 0 Å². The maximum atomic E-state index is 13.0. The maximum Gasteiger partial charge on any atom is 0.255 e. The van der Waals surface area contributed by atoms with Crippen molar-refractivity contribution in [2.75, 3.05) is 29.9 Å². The summed E-state index contributed by atoms with van der Waals surface area (Å²) >= 11 is 0. The van der Waals surface area contributed by atoms with Gasteiger partial charge in [-0.3, -0.25) is 14.4 Å². The second-order valence-corrected chi connectivity index (χ2v) is 8.13. The fourth-order valence-corrected chi connectivity index (χ4v) is 4.14. The zero-order valence-corrected chi connectivity index (χ0v) is 17.3. The standard InChI is InChI=1S/C24H27N3O3/c1-17-9-11-19(12-10-17)27-16-18(15-22(27)28)23(29)25-21-8-4-3-7-20(21)24(30)26-13-5-2-6-14-26/h3-4,7-12,18H,2,5-6,13-16H2,1H3,(H,25,29). The van der Waals surface area contributed by atoms with Crippen molar-refractivity contribution < 1.29 is 14.4 Å². The molecule has 1 N–H and O–H groups in total. The molecule has 2 fully saturated rings. The molecule has 2 heterocycles. The maximum absolute atomic E-state index is 13.0. The normalized spacial score (nSPS) is 19.1. The molecule has 2 aromatic rings. The Hall–Kier alpha value is -3.15. The van der Waals surface area contributed by atoms with Crippen molar-refractivity contribution in [3.63, 3.8) is 0 Å². The van der Waals surface area contributed by atoms with Crippen LogP contribution in [0.3, 0.4) is 0 Å². The van der Waals surface area contributed by atoms with Gasteiger partial charge in [-0.1, -0.05) is 29.8 Å². The first-order valence-electron chi connectivity index (χ1n) is 10.6. The highest BCUT2D eigenvalue weighted by molar-refractivity contribution is 6.07. The number of hydrogen-bond donors (Lipinski definition) is 1. The highest BCUT2D eigenvalue weighted by Crippen LogP contribution is 2.27. The molecule has 3 amide bonds. The lowest BCUT2D eigenvalue weighted by Crippen LogP contribution is -2.36. The largest absolute Gasteiger partial charge is 0.339 e. The average Bonchev–Trinajstić information content (AvgIpc) is 3.16. The van der Waals surface area contributed by atoms with Gasteiger partial charge in [-0.2, -0.15) is 0 Å². The zero-order chi connectivity index (χ0) is 21.1. The van der Waals surface area contributed by atoms with Crippen LogP contribution in [-0.2, 0) is 9.59 Å². The number of amides is 3. The van der Waals surface area contributed by atoms with E-state index in [9.17, 15) is 14.4 Å². The fraction of sp³-hybridized carbons (Fsp3) is 0.375. The van der Waals surface area contributed by atoms with Crippen molar-refractivity contribution in [1.29, 1.82) is 0 Å². The molecule has 1 atom stereocenters. The summed E-state index contributed by atoms with van der Waals surface area (Å²) < 4.78 is 0. The highest BCUT2D eigenvalue weighted by atomic mass is 16.2. The van der Waals surface area contributed by atoms with Gasteiger partial charge in [-0.25, -0.2) is 0 Å². The van der Waals surface area contributed by atoms with Crippen molar-refractivity contribution in [2.24, 2.45) is 5.92 Å². The lowest BCUT2D eigenvalue weighted by Gasteiger charge is -2.27. The lowest BCUT2D eigenvalue weighted by molar-refractivity contribution is -0.122. The van der Waals surface area contributed by atoms with Gasteiger partial charge in [-0.05, 0) is 50.5 Å². The Bertz CT molecular complexity index is 948. The van der Waals surface area contributed by atoms with Crippen LogP contribution in [0, 0.1) is 12.8 Å². The van der Waals surface area contributed by atoms with Crippen LogP contribution >= 0.6 is 0 Å². The van der Waals surface area contributed by atoms with Crippen LogP contribution in [-0.4, -0.2) is 42.3 Å². The predicted molar refractivity (Wildman–Crippen MR) is 116 cm³/mol. The summed E-state index contributed by atoms with van der Waals surface area (Å²) in [5.41, 5.74) is 2.95. The van der Waals surface area contributed by atoms with Crippen LogP contribution in [0.5, 0.6) is 0 Å². The minimum absolute atomic E-state index is 0.0469. The van der Waals surface area contributed by atoms with Crippen LogP contribution in [0.4, 0.5) is 11.4 Å². The molecule has 2 aromatic carbocycles. The van der Waals surface area contributed by atoms with Crippen LogP contribution in [0.15, 0.2) is 48.5 Å². The minimum atomic E-state index is -0.447. The summed E-state index contributed by atoms with van der Waals surface area (Å²) in [6.45, 7) is 3.85. The van der Waals surface area contributed by atoms with Crippen molar-refractivity contribution in [3.05, 3.63) is 59.7 Å². The van der Waals surface area contributed by atoms with Gasteiger partial charge in [0.05, 0.1) is 17.2 Å². The van der Waals surface area contributed by atoms with E-state index in [-0.39, 0.29) is 24.1 Å². The molecule has 0 aliphatic carbocycles. The van der Waals surface area contributed by atoms with Gasteiger partial charge in [-0.15, -0.1) is 0 Å². The summed E-state index contributed by atoms with van der Waals surface area (Å²) in [5.74, 6) is -0.778. The molecule has 0 spiro atoms. The van der Waals surface area contributed by atoms with Crippen LogP contribution in [0.2, 0.25) is 0 Å². The van der Waals surface area contributed by atoms with Gasteiger partial charge >= 0.3 is 0 Å². The van der Waals surface area contributed by atoms with Gasteiger partial charge in [0, 0.05) is 31.7 Å². The molecule has 30 heavy (non-hydrogen) atoms. The van der Waals surface area contributed by atoms with E-state index < -0.39 is 5.92 Å². The van der Waals surface area contributed by atoms with Gasteiger partial charge in [0.1, 0.15) is 0 Å². The number of hydrogen-bond acceptors (Lipinski definition) is 3. The topological polar surface area (TPSA) is 69.7 Å². The van der Waals surface area contributed by atoms with Gasteiger partial charge < -0.3 is 15.1 Å². The molecule has 0 bridgehead atoms. The number of anilines is 2. The summed E-state index contributed by atoms with van der Waals surface area (Å²) in [6.07, 6.45) is 3.34. The summed E-state index contributed by atoms with van der Waals surface area (Å²) in [7, 11) is 0. The fourth-order valence-electron chi connectivity index (χ4n) is 4.14. The van der Waals surface area contributed by atoms with Gasteiger partial charge in [0.2, 0.25) is 11.8 Å². The lowest BCUT2D eigenvalue weighted by atomic mass is 10.1. The third-order valence-corrected chi connectivity index (χ3v) is 5.90. The van der Waals surface area contributed by atoms with E-state index in [1.807, 2.05) is 42.2 Å². The van der Waals surface area contributed by atoms with E-state index >= 15 is 0 Å². The molecule has 2 aliphatic heterocycles. The molecular weight excluding hydrogens is 378 g/mol. The molecule has 2 aliphatic rings.